The second kappa shape index (κ2) is 6.17. The number of hydrogen-bond donors (Lipinski definition) is 0. The highest BCUT2D eigenvalue weighted by Gasteiger charge is 2.31. The molecule has 0 aromatic heterocycles. The lowest BCUT2D eigenvalue weighted by Gasteiger charge is -2.37. The molecule has 1 aliphatic rings. The third-order valence-electron chi connectivity index (χ3n) is 3.81. The molecule has 1 fully saturated rings. The first kappa shape index (κ1) is 14.0. The van der Waals surface area contributed by atoms with Gasteiger partial charge in [0.2, 0.25) is 0 Å². The summed E-state index contributed by atoms with van der Waals surface area (Å²) in [6.07, 6.45) is 0. The van der Waals surface area contributed by atoms with Crippen molar-refractivity contribution >= 4 is 5.97 Å². The number of likely N-dealkylation sites (N-methyl/N-ethyl adjacent to an activating group) is 1. The molecule has 1 atom stereocenters. The minimum atomic E-state index is -0.278. The fourth-order valence-corrected chi connectivity index (χ4v) is 2.56. The van der Waals surface area contributed by atoms with E-state index >= 15 is 0 Å². The number of piperazine rings is 1. The molecule has 1 saturated heterocycles. The van der Waals surface area contributed by atoms with Crippen LogP contribution in [0.3, 0.4) is 0 Å². The molecule has 1 heterocycles. The quantitative estimate of drug-likeness (QED) is 0.772. The number of carbonyl (C=O) groups excluding carboxylic acids is 1. The molecule has 0 radical (unpaired) electrons. The minimum Gasteiger partial charge on any atom is -0.468 e. The van der Waals surface area contributed by atoms with Crippen LogP contribution in [0.5, 0.6) is 0 Å². The highest BCUT2D eigenvalue weighted by atomic mass is 16.5. The summed E-state index contributed by atoms with van der Waals surface area (Å²) in [4.78, 5) is 16.7. The number of ether oxygens (including phenoxy) is 1. The summed E-state index contributed by atoms with van der Waals surface area (Å²) >= 11 is 0. The fourth-order valence-electron chi connectivity index (χ4n) is 2.56. The monoisotopic (exact) mass is 262 g/mol. The fraction of sp³-hybridized carbons (Fsp3) is 0.533. The molecular weight excluding hydrogens is 240 g/mol. The van der Waals surface area contributed by atoms with E-state index in [4.69, 9.17) is 4.74 Å². The Morgan fingerprint density at radius 2 is 1.84 bits per heavy atom. The lowest BCUT2D eigenvalue weighted by Crippen LogP contribution is -2.48. The molecule has 4 heteroatoms. The molecule has 19 heavy (non-hydrogen) atoms. The molecule has 0 aliphatic carbocycles. The van der Waals surface area contributed by atoms with E-state index in [1.807, 2.05) is 31.2 Å². The van der Waals surface area contributed by atoms with Crippen LogP contribution < -0.4 is 0 Å². The van der Waals surface area contributed by atoms with E-state index in [1.165, 1.54) is 7.11 Å². The predicted molar refractivity (Wildman–Crippen MR) is 75.0 cm³/mol. The maximum absolute atomic E-state index is 12.2. The second-order valence-electron chi connectivity index (χ2n) is 5.12. The molecule has 1 aromatic carbocycles. The first-order valence-corrected chi connectivity index (χ1v) is 6.69. The molecule has 1 unspecified atom stereocenters. The molecule has 0 saturated carbocycles. The van der Waals surface area contributed by atoms with Crippen molar-refractivity contribution in [2.24, 2.45) is 0 Å². The summed E-state index contributed by atoms with van der Waals surface area (Å²) < 4.78 is 5.01. The van der Waals surface area contributed by atoms with Gasteiger partial charge in [-0.1, -0.05) is 24.3 Å². The third-order valence-corrected chi connectivity index (χ3v) is 3.81. The summed E-state index contributed by atoms with van der Waals surface area (Å²) in [6.45, 7) is 5.80. The van der Waals surface area contributed by atoms with Gasteiger partial charge in [-0.25, -0.2) is 4.79 Å². The lowest BCUT2D eigenvalue weighted by molar-refractivity contribution is -0.148. The molecule has 0 N–H and O–H groups in total. The van der Waals surface area contributed by atoms with Crippen molar-refractivity contribution in [2.45, 2.75) is 13.0 Å². The smallest absolute Gasteiger partial charge is 0.327 e. The van der Waals surface area contributed by atoms with Crippen LogP contribution >= 0.6 is 0 Å². The molecular formula is C15H22N2O2. The highest BCUT2D eigenvalue weighted by molar-refractivity contribution is 5.78. The summed E-state index contributed by atoms with van der Waals surface area (Å²) in [5.74, 6) is -0.168. The zero-order chi connectivity index (χ0) is 13.8. The van der Waals surface area contributed by atoms with Crippen molar-refractivity contribution in [2.75, 3.05) is 40.3 Å². The van der Waals surface area contributed by atoms with Gasteiger partial charge in [0.25, 0.3) is 0 Å². The van der Waals surface area contributed by atoms with Crippen molar-refractivity contribution in [3.05, 3.63) is 35.4 Å². The average Bonchev–Trinajstić information content (AvgIpc) is 2.43. The Balaban J connectivity index is 2.26. The van der Waals surface area contributed by atoms with Gasteiger partial charge in [0.05, 0.1) is 7.11 Å². The summed E-state index contributed by atoms with van der Waals surface area (Å²) in [6, 6.07) is 7.77. The van der Waals surface area contributed by atoms with E-state index in [9.17, 15) is 4.79 Å². The topological polar surface area (TPSA) is 32.8 Å². The van der Waals surface area contributed by atoms with Gasteiger partial charge in [-0.15, -0.1) is 0 Å². The number of esters is 1. The van der Waals surface area contributed by atoms with E-state index in [2.05, 4.69) is 16.8 Å². The van der Waals surface area contributed by atoms with Crippen LogP contribution in [-0.2, 0) is 9.53 Å². The standard InChI is InChI=1S/C15H22N2O2/c1-12-6-4-5-7-13(12)14(15(18)19-3)17-10-8-16(2)9-11-17/h4-7,14H,8-11H2,1-3H3. The highest BCUT2D eigenvalue weighted by Crippen LogP contribution is 2.26. The van der Waals surface area contributed by atoms with Gasteiger partial charge < -0.3 is 9.64 Å². The van der Waals surface area contributed by atoms with Crippen molar-refractivity contribution in [3.8, 4) is 0 Å². The Kier molecular flexibility index (Phi) is 4.56. The van der Waals surface area contributed by atoms with E-state index in [-0.39, 0.29) is 12.0 Å². The van der Waals surface area contributed by atoms with Gasteiger partial charge in [-0.3, -0.25) is 4.90 Å². The van der Waals surface area contributed by atoms with Crippen molar-refractivity contribution in [1.82, 2.24) is 9.80 Å². The Morgan fingerprint density at radius 1 is 1.21 bits per heavy atom. The van der Waals surface area contributed by atoms with Crippen LogP contribution in [0, 0.1) is 6.92 Å². The molecule has 0 spiro atoms. The Bertz CT molecular complexity index is 440. The molecule has 2 rings (SSSR count). The zero-order valence-corrected chi connectivity index (χ0v) is 11.9. The molecule has 0 amide bonds. The number of rotatable bonds is 3. The van der Waals surface area contributed by atoms with E-state index in [0.717, 1.165) is 37.3 Å². The Labute approximate surface area is 115 Å². The first-order chi connectivity index (χ1) is 9.13. The number of benzene rings is 1. The van der Waals surface area contributed by atoms with Gasteiger partial charge in [-0.05, 0) is 25.1 Å². The molecule has 104 valence electrons. The van der Waals surface area contributed by atoms with Crippen molar-refractivity contribution in [1.29, 1.82) is 0 Å². The normalized spacial score (nSPS) is 19.1. The van der Waals surface area contributed by atoms with Gasteiger partial charge in [-0.2, -0.15) is 0 Å². The van der Waals surface area contributed by atoms with E-state index < -0.39 is 0 Å². The Hall–Kier alpha value is -1.39. The number of methoxy groups -OCH3 is 1. The maximum atomic E-state index is 12.2. The second-order valence-corrected chi connectivity index (χ2v) is 5.12. The maximum Gasteiger partial charge on any atom is 0.327 e. The van der Waals surface area contributed by atoms with Gasteiger partial charge >= 0.3 is 5.97 Å². The molecule has 0 bridgehead atoms. The predicted octanol–water partition coefficient (Wildman–Crippen LogP) is 1.46. The van der Waals surface area contributed by atoms with Crippen LogP contribution in [0.25, 0.3) is 0 Å². The van der Waals surface area contributed by atoms with Crippen LogP contribution in [0.1, 0.15) is 17.2 Å². The number of aryl methyl sites for hydroxylation is 1. The van der Waals surface area contributed by atoms with E-state index in [1.54, 1.807) is 0 Å². The summed E-state index contributed by atoms with van der Waals surface area (Å²) in [7, 11) is 3.57. The van der Waals surface area contributed by atoms with Crippen LogP contribution in [-0.4, -0.2) is 56.1 Å². The number of carbonyl (C=O) groups is 1. The molecule has 1 aliphatic heterocycles. The zero-order valence-electron chi connectivity index (χ0n) is 11.9. The average molecular weight is 262 g/mol. The van der Waals surface area contributed by atoms with E-state index in [0.29, 0.717) is 0 Å². The van der Waals surface area contributed by atoms with Gasteiger partial charge in [0.1, 0.15) is 6.04 Å². The molecule has 1 aromatic rings. The lowest BCUT2D eigenvalue weighted by atomic mass is 9.99. The van der Waals surface area contributed by atoms with Crippen LogP contribution in [0.4, 0.5) is 0 Å². The van der Waals surface area contributed by atoms with Crippen molar-refractivity contribution in [3.63, 3.8) is 0 Å². The number of nitrogens with zero attached hydrogens (tertiary/aromatic N) is 2. The first-order valence-electron chi connectivity index (χ1n) is 6.69. The van der Waals surface area contributed by atoms with Crippen LogP contribution in [0.2, 0.25) is 0 Å². The van der Waals surface area contributed by atoms with Crippen LogP contribution in [0.15, 0.2) is 24.3 Å². The largest absolute Gasteiger partial charge is 0.468 e. The van der Waals surface area contributed by atoms with Gasteiger partial charge in [0.15, 0.2) is 0 Å². The Morgan fingerprint density at radius 3 is 2.42 bits per heavy atom. The third kappa shape index (κ3) is 3.14. The van der Waals surface area contributed by atoms with Crippen molar-refractivity contribution < 1.29 is 9.53 Å². The summed E-state index contributed by atoms with van der Waals surface area (Å²) in [5, 5.41) is 0. The summed E-state index contributed by atoms with van der Waals surface area (Å²) in [5.41, 5.74) is 2.19. The van der Waals surface area contributed by atoms with Gasteiger partial charge in [0, 0.05) is 26.2 Å². The SMILES string of the molecule is COC(=O)C(c1ccccc1C)N1CCN(C)CC1. The minimum absolute atomic E-state index is 0.168. The molecule has 4 nitrogen and oxygen atoms in total. The number of hydrogen-bond acceptors (Lipinski definition) is 4.